The Bertz CT molecular complexity index is 892. The number of ether oxygens (including phenoxy) is 1. The molecule has 11 heteroatoms. The van der Waals surface area contributed by atoms with Crippen molar-refractivity contribution in [1.29, 1.82) is 5.26 Å². The highest BCUT2D eigenvalue weighted by atomic mass is 32.1. The molecular formula is C20H23F2N5O3S. The summed E-state index contributed by atoms with van der Waals surface area (Å²) in [5.74, 6) is -1.89. The summed E-state index contributed by atoms with van der Waals surface area (Å²) in [6.07, 6.45) is -0.713. The summed E-state index contributed by atoms with van der Waals surface area (Å²) >= 11 is 5.08. The van der Waals surface area contributed by atoms with Crippen LogP contribution in [0.3, 0.4) is 0 Å². The Labute approximate surface area is 184 Å². The summed E-state index contributed by atoms with van der Waals surface area (Å²) in [4.78, 5) is 28.8. The molecule has 0 aromatic heterocycles. The van der Waals surface area contributed by atoms with E-state index in [9.17, 15) is 18.4 Å². The molecule has 2 aliphatic heterocycles. The van der Waals surface area contributed by atoms with E-state index in [0.717, 1.165) is 12.1 Å². The van der Waals surface area contributed by atoms with E-state index in [0.29, 0.717) is 18.0 Å². The molecule has 0 bridgehead atoms. The summed E-state index contributed by atoms with van der Waals surface area (Å²) in [6.45, 7) is 3.40. The normalized spacial score (nSPS) is 18.6. The van der Waals surface area contributed by atoms with E-state index in [1.807, 2.05) is 6.92 Å². The molecule has 0 radical (unpaired) electrons. The number of piperazine rings is 1. The maximum atomic E-state index is 14.8. The number of nitriles is 1. The average Bonchev–Trinajstić information content (AvgIpc) is 3.12. The van der Waals surface area contributed by atoms with Crippen molar-refractivity contribution < 1.29 is 23.1 Å². The summed E-state index contributed by atoms with van der Waals surface area (Å²) < 4.78 is 34.9. The lowest BCUT2D eigenvalue weighted by Gasteiger charge is -2.36. The van der Waals surface area contributed by atoms with Gasteiger partial charge in [-0.2, -0.15) is 5.26 Å². The summed E-state index contributed by atoms with van der Waals surface area (Å²) in [6, 6.07) is 4.03. The smallest absolute Gasteiger partial charge is 0.414 e. The van der Waals surface area contributed by atoms with Gasteiger partial charge in [0.15, 0.2) is 11.6 Å². The molecule has 2 fully saturated rings. The Kier molecular flexibility index (Phi) is 7.22. The van der Waals surface area contributed by atoms with Crippen molar-refractivity contribution in [1.82, 2.24) is 10.2 Å². The van der Waals surface area contributed by atoms with E-state index < -0.39 is 23.8 Å². The van der Waals surface area contributed by atoms with Gasteiger partial charge in [-0.15, -0.1) is 0 Å². The molecule has 1 aromatic rings. The number of amides is 2. The molecule has 0 saturated carbocycles. The molecule has 31 heavy (non-hydrogen) atoms. The molecule has 0 spiro atoms. The molecule has 0 aliphatic carbocycles. The van der Waals surface area contributed by atoms with Crippen LogP contribution in [0.15, 0.2) is 12.1 Å². The first-order valence-corrected chi connectivity index (χ1v) is 10.4. The lowest BCUT2D eigenvalue weighted by Crippen LogP contribution is -2.49. The van der Waals surface area contributed by atoms with Gasteiger partial charge in [0.25, 0.3) is 0 Å². The first-order valence-electron chi connectivity index (χ1n) is 9.97. The summed E-state index contributed by atoms with van der Waals surface area (Å²) in [7, 11) is 0. The highest BCUT2D eigenvalue weighted by Gasteiger charge is 2.34. The van der Waals surface area contributed by atoms with Gasteiger partial charge in [-0.05, 0) is 6.42 Å². The van der Waals surface area contributed by atoms with Crippen molar-refractivity contribution in [2.75, 3.05) is 49.1 Å². The van der Waals surface area contributed by atoms with Crippen LogP contribution in [0.25, 0.3) is 0 Å². The van der Waals surface area contributed by atoms with Gasteiger partial charge in [-0.25, -0.2) is 13.6 Å². The predicted octanol–water partition coefficient (Wildman–Crippen LogP) is 2.18. The van der Waals surface area contributed by atoms with E-state index >= 15 is 0 Å². The zero-order valence-electron chi connectivity index (χ0n) is 17.1. The van der Waals surface area contributed by atoms with Gasteiger partial charge in [-0.3, -0.25) is 9.69 Å². The van der Waals surface area contributed by atoms with E-state index in [1.54, 1.807) is 6.07 Å². The number of carbonyl (C=O) groups excluding carboxylic acids is 2. The molecule has 2 saturated heterocycles. The fraction of sp³-hybridized carbons (Fsp3) is 0.500. The van der Waals surface area contributed by atoms with Gasteiger partial charge in [0.05, 0.1) is 29.8 Å². The van der Waals surface area contributed by atoms with Crippen molar-refractivity contribution in [2.24, 2.45) is 0 Å². The molecule has 1 atom stereocenters. The number of carbonyl (C=O) groups is 2. The van der Waals surface area contributed by atoms with Gasteiger partial charge in [0.2, 0.25) is 5.91 Å². The molecule has 166 valence electrons. The van der Waals surface area contributed by atoms with E-state index in [1.165, 1.54) is 14.7 Å². The van der Waals surface area contributed by atoms with Crippen LogP contribution in [0.5, 0.6) is 0 Å². The summed E-state index contributed by atoms with van der Waals surface area (Å²) in [5, 5.41) is 11.6. The van der Waals surface area contributed by atoms with Crippen LogP contribution < -0.4 is 15.1 Å². The lowest BCUT2D eigenvalue weighted by atomic mass is 10.2. The first-order chi connectivity index (χ1) is 14.8. The van der Waals surface area contributed by atoms with Crippen LogP contribution >= 0.6 is 12.2 Å². The van der Waals surface area contributed by atoms with Crippen LogP contribution in [0.4, 0.5) is 25.0 Å². The highest BCUT2D eigenvalue weighted by Crippen LogP contribution is 2.31. The second-order valence-corrected chi connectivity index (χ2v) is 7.73. The Morgan fingerprint density at radius 3 is 2.52 bits per heavy atom. The lowest BCUT2D eigenvalue weighted by molar-refractivity contribution is -0.130. The Balaban J connectivity index is 1.67. The molecule has 2 aliphatic rings. The van der Waals surface area contributed by atoms with Crippen molar-refractivity contribution >= 4 is 40.6 Å². The number of anilines is 2. The maximum absolute atomic E-state index is 14.8. The standard InChI is InChI=1S/C20H23F2N5O3S/c1-2-17(31)24-11-14-12-27(20(29)30-14)13-9-15(21)19(16(22)10-13)26-7-5-25(6-8-26)18(28)3-4-23/h9-10,14H,2-3,5-8,11-12H2,1H3,(H,24,31). The third-order valence-electron chi connectivity index (χ3n) is 5.21. The molecule has 3 rings (SSSR count). The third-order valence-corrected chi connectivity index (χ3v) is 5.65. The number of rotatable bonds is 6. The zero-order chi connectivity index (χ0) is 22.5. The van der Waals surface area contributed by atoms with Crippen LogP contribution in [-0.2, 0) is 9.53 Å². The van der Waals surface area contributed by atoms with Crippen LogP contribution in [0.1, 0.15) is 19.8 Å². The van der Waals surface area contributed by atoms with Gasteiger partial charge in [-0.1, -0.05) is 19.1 Å². The minimum atomic E-state index is -0.798. The van der Waals surface area contributed by atoms with Gasteiger partial charge in [0.1, 0.15) is 18.2 Å². The monoisotopic (exact) mass is 451 g/mol. The molecule has 2 amide bonds. The number of benzene rings is 1. The molecule has 1 N–H and O–H groups in total. The second kappa shape index (κ2) is 9.87. The average molecular weight is 451 g/mol. The van der Waals surface area contributed by atoms with E-state index in [4.69, 9.17) is 22.2 Å². The summed E-state index contributed by atoms with van der Waals surface area (Å²) in [5.41, 5.74) is -0.123. The minimum Gasteiger partial charge on any atom is -0.442 e. The van der Waals surface area contributed by atoms with Crippen LogP contribution in [0.2, 0.25) is 0 Å². The van der Waals surface area contributed by atoms with Gasteiger partial charge in [0, 0.05) is 38.3 Å². The van der Waals surface area contributed by atoms with Crippen molar-refractivity contribution in [2.45, 2.75) is 25.9 Å². The SMILES string of the molecule is CCC(=S)NCC1CN(c2cc(F)c(N3CCN(C(=O)CC#N)CC3)c(F)c2)C(=O)O1. The van der Waals surface area contributed by atoms with Crippen LogP contribution in [-0.4, -0.2) is 67.3 Å². The Morgan fingerprint density at radius 1 is 1.29 bits per heavy atom. The zero-order valence-corrected chi connectivity index (χ0v) is 17.9. The number of thiocarbonyl (C=S) groups is 1. The predicted molar refractivity (Wildman–Crippen MR) is 114 cm³/mol. The van der Waals surface area contributed by atoms with Gasteiger partial charge < -0.3 is 19.9 Å². The number of halogens is 2. The van der Waals surface area contributed by atoms with Crippen molar-refractivity contribution in [3.63, 3.8) is 0 Å². The number of nitrogens with zero attached hydrogens (tertiary/aromatic N) is 4. The number of hydrogen-bond donors (Lipinski definition) is 1. The van der Waals surface area contributed by atoms with Crippen molar-refractivity contribution in [3.8, 4) is 6.07 Å². The number of cyclic esters (lactones) is 1. The van der Waals surface area contributed by atoms with Crippen LogP contribution in [0, 0.1) is 23.0 Å². The van der Waals surface area contributed by atoms with E-state index in [-0.39, 0.29) is 56.4 Å². The Morgan fingerprint density at radius 2 is 1.94 bits per heavy atom. The van der Waals surface area contributed by atoms with Crippen molar-refractivity contribution in [3.05, 3.63) is 23.8 Å². The number of hydrogen-bond acceptors (Lipinski definition) is 6. The number of nitrogens with one attached hydrogen (secondary N) is 1. The Hall–Kier alpha value is -3.00. The minimum absolute atomic E-state index is 0.0761. The fourth-order valence-electron chi connectivity index (χ4n) is 3.56. The quantitative estimate of drug-likeness (QED) is 0.663. The largest absolute Gasteiger partial charge is 0.442 e. The molecule has 8 nitrogen and oxygen atoms in total. The second-order valence-electron chi connectivity index (χ2n) is 7.23. The first kappa shape index (κ1) is 22.7. The topological polar surface area (TPSA) is 88.9 Å². The highest BCUT2D eigenvalue weighted by molar-refractivity contribution is 7.80. The fourth-order valence-corrected chi connectivity index (χ4v) is 3.64. The molecule has 1 unspecified atom stereocenters. The third kappa shape index (κ3) is 5.19. The maximum Gasteiger partial charge on any atom is 0.414 e. The molecule has 1 aromatic carbocycles. The van der Waals surface area contributed by atoms with E-state index in [2.05, 4.69) is 5.32 Å². The molecule has 2 heterocycles. The van der Waals surface area contributed by atoms with Gasteiger partial charge >= 0.3 is 6.09 Å². The molecular weight excluding hydrogens is 428 g/mol.